The molecule has 2 aromatic carbocycles. The molecule has 0 aliphatic carbocycles. The molecule has 0 aromatic heterocycles. The molecule has 0 atom stereocenters. The number of carbonyl (C=O) groups excluding carboxylic acids is 1. The summed E-state index contributed by atoms with van der Waals surface area (Å²) in [7, 11) is -2.30. The normalized spacial score (nSPS) is 15.5. The van der Waals surface area contributed by atoms with Gasteiger partial charge in [-0.05, 0) is 42.7 Å². The summed E-state index contributed by atoms with van der Waals surface area (Å²) in [6.07, 6.45) is -1.92. The van der Waals surface area contributed by atoms with Crippen molar-refractivity contribution in [3.05, 3.63) is 59.7 Å². The van der Waals surface area contributed by atoms with E-state index in [0.717, 1.165) is 30.2 Å². The van der Waals surface area contributed by atoms with Crippen molar-refractivity contribution in [1.82, 2.24) is 9.21 Å². The Labute approximate surface area is 179 Å². The molecule has 1 N–H and O–H groups in total. The van der Waals surface area contributed by atoms with Crippen molar-refractivity contribution in [2.75, 3.05) is 25.5 Å². The third kappa shape index (κ3) is 5.56. The molecule has 3 rings (SSSR count). The number of nitrogens with one attached hydrogen (secondary N) is 1. The third-order valence-corrected chi connectivity index (χ3v) is 7.01. The standard InChI is InChI=1S/C21H24F3N3O3S/c1-26(15-16-8-3-4-11-19(16)21(22,23)24)20(28)25-17-9-7-10-18(14-17)31(29,30)27-12-5-2-6-13-27/h3-4,7-11,14H,2,5-6,12-13,15H2,1H3,(H,25,28). The lowest BCUT2D eigenvalue weighted by Crippen LogP contribution is -2.35. The van der Waals surface area contributed by atoms with Crippen molar-refractivity contribution >= 4 is 21.7 Å². The number of anilines is 1. The Kier molecular flexibility index (Phi) is 6.90. The highest BCUT2D eigenvalue weighted by Crippen LogP contribution is 2.32. The minimum Gasteiger partial charge on any atom is -0.323 e. The second kappa shape index (κ2) is 9.27. The van der Waals surface area contributed by atoms with E-state index in [9.17, 15) is 26.4 Å². The zero-order chi connectivity index (χ0) is 22.6. The fourth-order valence-electron chi connectivity index (χ4n) is 3.47. The molecule has 10 heteroatoms. The number of sulfonamides is 1. The summed E-state index contributed by atoms with van der Waals surface area (Å²) >= 11 is 0. The molecule has 1 saturated heterocycles. The second-order valence-electron chi connectivity index (χ2n) is 7.43. The molecule has 0 saturated carbocycles. The average Bonchev–Trinajstić information content (AvgIpc) is 2.74. The van der Waals surface area contributed by atoms with Crippen molar-refractivity contribution in [3.8, 4) is 0 Å². The molecule has 2 aromatic rings. The Bertz CT molecular complexity index is 1040. The number of hydrogen-bond acceptors (Lipinski definition) is 3. The van der Waals surface area contributed by atoms with Gasteiger partial charge in [0.15, 0.2) is 0 Å². The van der Waals surface area contributed by atoms with Crippen molar-refractivity contribution < 1.29 is 26.4 Å². The van der Waals surface area contributed by atoms with Crippen LogP contribution >= 0.6 is 0 Å². The Morgan fingerprint density at radius 1 is 1.06 bits per heavy atom. The van der Waals surface area contributed by atoms with Gasteiger partial charge in [0.05, 0.1) is 10.5 Å². The molecular formula is C21H24F3N3O3S. The van der Waals surface area contributed by atoms with E-state index in [0.29, 0.717) is 13.1 Å². The summed E-state index contributed by atoms with van der Waals surface area (Å²) in [6, 6.07) is 10.3. The van der Waals surface area contributed by atoms with E-state index in [1.54, 1.807) is 0 Å². The number of hydrogen-bond donors (Lipinski definition) is 1. The van der Waals surface area contributed by atoms with Gasteiger partial charge in [0.1, 0.15) is 0 Å². The van der Waals surface area contributed by atoms with Crippen molar-refractivity contribution in [1.29, 1.82) is 0 Å². The molecule has 6 nitrogen and oxygen atoms in total. The van der Waals surface area contributed by atoms with E-state index in [1.807, 2.05) is 0 Å². The first-order valence-corrected chi connectivity index (χ1v) is 11.3. The molecule has 1 aliphatic rings. The molecule has 168 valence electrons. The number of urea groups is 1. The van der Waals surface area contributed by atoms with Crippen LogP contribution in [0.5, 0.6) is 0 Å². The minimum atomic E-state index is -4.52. The van der Waals surface area contributed by atoms with Gasteiger partial charge in [0.2, 0.25) is 10.0 Å². The van der Waals surface area contributed by atoms with Crippen LogP contribution in [0.3, 0.4) is 0 Å². The van der Waals surface area contributed by atoms with E-state index in [1.165, 1.54) is 53.8 Å². The maximum absolute atomic E-state index is 13.2. The number of piperidine rings is 1. The number of nitrogens with zero attached hydrogens (tertiary/aromatic N) is 2. The summed E-state index contributed by atoms with van der Waals surface area (Å²) in [5, 5.41) is 2.56. The first kappa shape index (κ1) is 23.1. The lowest BCUT2D eigenvalue weighted by molar-refractivity contribution is -0.138. The van der Waals surface area contributed by atoms with Crippen LogP contribution in [0.1, 0.15) is 30.4 Å². The monoisotopic (exact) mass is 455 g/mol. The number of alkyl halides is 3. The fraction of sp³-hybridized carbons (Fsp3) is 0.381. The van der Waals surface area contributed by atoms with Crippen LogP contribution in [0.4, 0.5) is 23.7 Å². The van der Waals surface area contributed by atoms with Gasteiger partial charge in [0.25, 0.3) is 0 Å². The maximum atomic E-state index is 13.2. The zero-order valence-corrected chi connectivity index (χ0v) is 17.8. The molecule has 0 unspecified atom stereocenters. The lowest BCUT2D eigenvalue weighted by Gasteiger charge is -2.26. The molecule has 31 heavy (non-hydrogen) atoms. The molecule has 0 bridgehead atoms. The highest BCUT2D eigenvalue weighted by Gasteiger charge is 2.33. The summed E-state index contributed by atoms with van der Waals surface area (Å²) in [5.74, 6) is 0. The van der Waals surface area contributed by atoms with E-state index in [-0.39, 0.29) is 22.7 Å². The summed E-state index contributed by atoms with van der Waals surface area (Å²) in [5.41, 5.74) is -0.586. The molecule has 1 heterocycles. The van der Waals surface area contributed by atoms with Crippen LogP contribution < -0.4 is 5.32 Å². The van der Waals surface area contributed by atoms with E-state index in [2.05, 4.69) is 5.32 Å². The van der Waals surface area contributed by atoms with Gasteiger partial charge in [0, 0.05) is 32.4 Å². The molecule has 1 aliphatic heterocycles. The Hall–Kier alpha value is -2.59. The predicted octanol–water partition coefficient (Wildman–Crippen LogP) is 4.54. The SMILES string of the molecule is CN(Cc1ccccc1C(F)(F)F)C(=O)Nc1cccc(S(=O)(=O)N2CCCCC2)c1. The molecular weight excluding hydrogens is 431 g/mol. The van der Waals surface area contributed by atoms with Crippen molar-refractivity contribution in [3.63, 3.8) is 0 Å². The molecule has 0 radical (unpaired) electrons. The summed E-state index contributed by atoms with van der Waals surface area (Å²) in [6.45, 7) is 0.661. The average molecular weight is 456 g/mol. The van der Waals surface area contributed by atoms with Gasteiger partial charge in [-0.25, -0.2) is 13.2 Å². The van der Waals surface area contributed by atoms with Crippen LogP contribution in [0, 0.1) is 0 Å². The van der Waals surface area contributed by atoms with Crippen molar-refractivity contribution in [2.45, 2.75) is 36.9 Å². The number of amides is 2. The van der Waals surface area contributed by atoms with E-state index < -0.39 is 27.8 Å². The number of benzene rings is 2. The van der Waals surface area contributed by atoms with Gasteiger partial charge in [-0.2, -0.15) is 17.5 Å². The number of carbonyl (C=O) groups is 1. The number of halogens is 3. The van der Waals surface area contributed by atoms with Gasteiger partial charge >= 0.3 is 12.2 Å². The maximum Gasteiger partial charge on any atom is 0.416 e. The third-order valence-electron chi connectivity index (χ3n) is 5.12. The van der Waals surface area contributed by atoms with Crippen LogP contribution in [0.2, 0.25) is 0 Å². The molecule has 1 fully saturated rings. The lowest BCUT2D eigenvalue weighted by atomic mass is 10.1. The predicted molar refractivity (Wildman–Crippen MR) is 111 cm³/mol. The van der Waals surface area contributed by atoms with Gasteiger partial charge < -0.3 is 10.2 Å². The van der Waals surface area contributed by atoms with Gasteiger partial charge in [-0.15, -0.1) is 0 Å². The summed E-state index contributed by atoms with van der Waals surface area (Å²) in [4.78, 5) is 13.7. The van der Waals surface area contributed by atoms with Crippen LogP contribution in [-0.4, -0.2) is 43.8 Å². The summed E-state index contributed by atoms with van der Waals surface area (Å²) < 4.78 is 66.6. The minimum absolute atomic E-state index is 0.0333. The topological polar surface area (TPSA) is 69.7 Å². The molecule has 2 amide bonds. The first-order chi connectivity index (χ1) is 14.6. The largest absolute Gasteiger partial charge is 0.416 e. The highest BCUT2D eigenvalue weighted by atomic mass is 32.2. The Balaban J connectivity index is 1.72. The fourth-order valence-corrected chi connectivity index (χ4v) is 5.03. The quantitative estimate of drug-likeness (QED) is 0.720. The van der Waals surface area contributed by atoms with Crippen LogP contribution in [-0.2, 0) is 22.7 Å². The van der Waals surface area contributed by atoms with Gasteiger partial charge in [-0.3, -0.25) is 0 Å². The molecule has 0 spiro atoms. The number of rotatable bonds is 5. The second-order valence-corrected chi connectivity index (χ2v) is 9.37. The zero-order valence-electron chi connectivity index (χ0n) is 17.0. The van der Waals surface area contributed by atoms with Crippen molar-refractivity contribution in [2.24, 2.45) is 0 Å². The van der Waals surface area contributed by atoms with E-state index in [4.69, 9.17) is 0 Å². The Morgan fingerprint density at radius 2 is 1.74 bits per heavy atom. The van der Waals surface area contributed by atoms with Gasteiger partial charge in [-0.1, -0.05) is 30.7 Å². The highest BCUT2D eigenvalue weighted by molar-refractivity contribution is 7.89. The first-order valence-electron chi connectivity index (χ1n) is 9.86. The van der Waals surface area contributed by atoms with E-state index >= 15 is 0 Å². The van der Waals surface area contributed by atoms with Crippen LogP contribution in [0.25, 0.3) is 0 Å². The Morgan fingerprint density at radius 3 is 2.42 bits per heavy atom. The smallest absolute Gasteiger partial charge is 0.323 e. The van der Waals surface area contributed by atoms with Crippen LogP contribution in [0.15, 0.2) is 53.4 Å².